The van der Waals surface area contributed by atoms with Gasteiger partial charge in [-0.15, -0.1) is 0 Å². The average Bonchev–Trinajstić information content (AvgIpc) is 2.81. The SMILES string of the molecule is COC(=O)[C@H]1O[C@@H](Oc2ccc(OC[C@H](O)CNC(C)C)c3ccccc23)[C@H](O)[C@@H](O)[C@@H]1O. The second-order valence-electron chi connectivity index (χ2n) is 8.17. The lowest BCUT2D eigenvalue weighted by atomic mass is 9.99. The van der Waals surface area contributed by atoms with Crippen molar-refractivity contribution in [3.05, 3.63) is 36.4 Å². The maximum absolute atomic E-state index is 11.9. The zero-order valence-corrected chi connectivity index (χ0v) is 18.7. The Bertz CT molecular complexity index is 937. The van der Waals surface area contributed by atoms with Gasteiger partial charge in [0.05, 0.1) is 7.11 Å². The van der Waals surface area contributed by atoms with Crippen molar-refractivity contribution in [2.24, 2.45) is 0 Å². The number of nitrogens with one attached hydrogen (secondary N) is 1. The van der Waals surface area contributed by atoms with Gasteiger partial charge in [0.2, 0.25) is 6.29 Å². The minimum atomic E-state index is -1.68. The molecule has 0 bridgehead atoms. The third-order valence-electron chi connectivity index (χ3n) is 5.28. The predicted molar refractivity (Wildman–Crippen MR) is 118 cm³/mol. The molecule has 10 heteroatoms. The summed E-state index contributed by atoms with van der Waals surface area (Å²) >= 11 is 0. The molecule has 1 fully saturated rings. The van der Waals surface area contributed by atoms with Gasteiger partial charge in [-0.3, -0.25) is 0 Å². The molecule has 0 radical (unpaired) electrons. The van der Waals surface area contributed by atoms with Gasteiger partial charge in [0.1, 0.15) is 42.5 Å². The minimum absolute atomic E-state index is 0.0826. The number of methoxy groups -OCH3 is 1. The van der Waals surface area contributed by atoms with Crippen LogP contribution in [0.25, 0.3) is 10.8 Å². The number of rotatable bonds is 9. The number of fused-ring (bicyclic) bond motifs is 1. The molecule has 1 heterocycles. The summed E-state index contributed by atoms with van der Waals surface area (Å²) in [5.74, 6) is -0.0769. The van der Waals surface area contributed by atoms with Crippen LogP contribution in [-0.2, 0) is 14.3 Å². The van der Waals surface area contributed by atoms with Crippen LogP contribution in [0.2, 0.25) is 0 Å². The molecule has 33 heavy (non-hydrogen) atoms. The van der Waals surface area contributed by atoms with Gasteiger partial charge >= 0.3 is 5.97 Å². The monoisotopic (exact) mass is 465 g/mol. The van der Waals surface area contributed by atoms with Crippen molar-refractivity contribution in [3.8, 4) is 11.5 Å². The smallest absolute Gasteiger partial charge is 0.337 e. The Balaban J connectivity index is 1.79. The summed E-state index contributed by atoms with van der Waals surface area (Å²) < 4.78 is 21.6. The van der Waals surface area contributed by atoms with Crippen molar-refractivity contribution in [3.63, 3.8) is 0 Å². The third kappa shape index (κ3) is 5.91. The van der Waals surface area contributed by atoms with Crippen LogP contribution in [0.1, 0.15) is 13.8 Å². The van der Waals surface area contributed by atoms with E-state index in [9.17, 15) is 25.2 Å². The molecule has 0 aliphatic carbocycles. The first-order valence-corrected chi connectivity index (χ1v) is 10.7. The molecule has 0 aromatic heterocycles. The number of aliphatic hydroxyl groups is 4. The summed E-state index contributed by atoms with van der Waals surface area (Å²) in [6, 6.07) is 10.7. The number of hydrogen-bond acceptors (Lipinski definition) is 10. The Morgan fingerprint density at radius 3 is 2.30 bits per heavy atom. The van der Waals surface area contributed by atoms with E-state index in [1.54, 1.807) is 24.3 Å². The maximum atomic E-state index is 11.9. The molecule has 5 N–H and O–H groups in total. The maximum Gasteiger partial charge on any atom is 0.337 e. The third-order valence-corrected chi connectivity index (χ3v) is 5.28. The normalized spacial score (nSPS) is 26.2. The zero-order chi connectivity index (χ0) is 24.1. The topological polar surface area (TPSA) is 147 Å². The Labute approximate surface area is 191 Å². The molecular formula is C23H31NO9. The lowest BCUT2D eigenvalue weighted by molar-refractivity contribution is -0.271. The fourth-order valence-electron chi connectivity index (χ4n) is 3.47. The largest absolute Gasteiger partial charge is 0.490 e. The van der Waals surface area contributed by atoms with Crippen molar-refractivity contribution in [2.75, 3.05) is 20.3 Å². The fraction of sp³-hybridized carbons (Fsp3) is 0.522. The van der Waals surface area contributed by atoms with Crippen molar-refractivity contribution >= 4 is 16.7 Å². The molecule has 182 valence electrons. The van der Waals surface area contributed by atoms with Gasteiger partial charge in [0, 0.05) is 23.4 Å². The van der Waals surface area contributed by atoms with Crippen LogP contribution in [0, 0.1) is 0 Å². The molecule has 6 atom stereocenters. The zero-order valence-electron chi connectivity index (χ0n) is 18.7. The van der Waals surface area contributed by atoms with E-state index in [4.69, 9.17) is 14.2 Å². The molecule has 1 aliphatic rings. The number of hydrogen-bond donors (Lipinski definition) is 5. The molecular weight excluding hydrogens is 434 g/mol. The highest BCUT2D eigenvalue weighted by molar-refractivity contribution is 5.93. The van der Waals surface area contributed by atoms with Crippen LogP contribution in [0.3, 0.4) is 0 Å². The van der Waals surface area contributed by atoms with Gasteiger partial charge in [-0.2, -0.15) is 0 Å². The number of carbonyl (C=O) groups is 1. The predicted octanol–water partition coefficient (Wildman–Crippen LogP) is -0.0631. The van der Waals surface area contributed by atoms with Crippen molar-refractivity contribution in [1.29, 1.82) is 0 Å². The molecule has 2 aromatic rings. The van der Waals surface area contributed by atoms with E-state index >= 15 is 0 Å². The van der Waals surface area contributed by atoms with Crippen LogP contribution >= 0.6 is 0 Å². The van der Waals surface area contributed by atoms with Crippen molar-refractivity contribution < 1.29 is 44.2 Å². The summed E-state index contributed by atoms with van der Waals surface area (Å²) in [5, 5.41) is 45.1. The second-order valence-corrected chi connectivity index (χ2v) is 8.17. The van der Waals surface area contributed by atoms with E-state index in [1.807, 2.05) is 26.0 Å². The van der Waals surface area contributed by atoms with E-state index in [0.29, 0.717) is 28.8 Å². The second kappa shape index (κ2) is 11.1. The van der Waals surface area contributed by atoms with Crippen LogP contribution in [0.5, 0.6) is 11.5 Å². The lowest BCUT2D eigenvalue weighted by Gasteiger charge is -2.39. The van der Waals surface area contributed by atoms with Gasteiger partial charge in [-0.25, -0.2) is 4.79 Å². The standard InChI is InChI=1S/C23H31NO9/c1-12(2)24-10-13(25)11-31-16-8-9-17(15-7-5-4-6-14(15)16)32-23-20(28)18(26)19(27)21(33-23)22(29)30-3/h4-9,12-13,18-21,23-28H,10-11H2,1-3H3/t13-,18+,19+,20-,21+,23-/m1/s1. The van der Waals surface area contributed by atoms with E-state index in [0.717, 1.165) is 7.11 Å². The molecule has 0 saturated carbocycles. The Morgan fingerprint density at radius 2 is 1.67 bits per heavy atom. The summed E-state index contributed by atoms with van der Waals surface area (Å²) in [6.07, 6.45) is -8.62. The van der Waals surface area contributed by atoms with E-state index < -0.39 is 42.8 Å². The van der Waals surface area contributed by atoms with Crippen LogP contribution in [-0.4, -0.2) is 89.5 Å². The first-order chi connectivity index (χ1) is 15.7. The molecule has 10 nitrogen and oxygen atoms in total. The first-order valence-electron chi connectivity index (χ1n) is 10.7. The molecule has 3 rings (SSSR count). The highest BCUT2D eigenvalue weighted by Gasteiger charge is 2.48. The molecule has 0 unspecified atom stereocenters. The molecule has 0 spiro atoms. The first kappa shape index (κ1) is 25.2. The van der Waals surface area contributed by atoms with Crippen LogP contribution in [0.15, 0.2) is 36.4 Å². The number of carbonyl (C=O) groups excluding carboxylic acids is 1. The van der Waals surface area contributed by atoms with Gasteiger partial charge in [-0.05, 0) is 12.1 Å². The Kier molecular flexibility index (Phi) is 8.46. The number of esters is 1. The van der Waals surface area contributed by atoms with Crippen molar-refractivity contribution in [1.82, 2.24) is 5.32 Å². The summed E-state index contributed by atoms with van der Waals surface area (Å²) in [4.78, 5) is 11.9. The average molecular weight is 465 g/mol. The summed E-state index contributed by atoms with van der Waals surface area (Å²) in [5.41, 5.74) is 0. The van der Waals surface area contributed by atoms with Gasteiger partial charge in [0.15, 0.2) is 6.10 Å². The van der Waals surface area contributed by atoms with E-state index in [-0.39, 0.29) is 12.6 Å². The lowest BCUT2D eigenvalue weighted by Crippen LogP contribution is -2.61. The highest BCUT2D eigenvalue weighted by atomic mass is 16.7. The molecule has 2 aromatic carbocycles. The van der Waals surface area contributed by atoms with Crippen LogP contribution in [0.4, 0.5) is 0 Å². The molecule has 0 amide bonds. The number of benzene rings is 2. The minimum Gasteiger partial charge on any atom is -0.490 e. The van der Waals surface area contributed by atoms with Gasteiger partial charge < -0.3 is 44.7 Å². The molecule has 1 aliphatic heterocycles. The summed E-state index contributed by atoms with van der Waals surface area (Å²) in [6.45, 7) is 4.45. The number of ether oxygens (including phenoxy) is 4. The highest BCUT2D eigenvalue weighted by Crippen LogP contribution is 2.35. The quantitative estimate of drug-likeness (QED) is 0.319. The molecule has 1 saturated heterocycles. The summed E-state index contributed by atoms with van der Waals surface area (Å²) in [7, 11) is 1.12. The van der Waals surface area contributed by atoms with Gasteiger partial charge in [-0.1, -0.05) is 38.1 Å². The van der Waals surface area contributed by atoms with E-state index in [1.165, 1.54) is 0 Å². The van der Waals surface area contributed by atoms with Gasteiger partial charge in [0.25, 0.3) is 0 Å². The van der Waals surface area contributed by atoms with Crippen molar-refractivity contribution in [2.45, 2.75) is 56.7 Å². The fourth-order valence-corrected chi connectivity index (χ4v) is 3.47. The van der Waals surface area contributed by atoms with Crippen LogP contribution < -0.4 is 14.8 Å². The number of aliphatic hydroxyl groups excluding tert-OH is 4. The Hall–Kier alpha value is -2.47. The Morgan fingerprint density at radius 1 is 1.03 bits per heavy atom. The van der Waals surface area contributed by atoms with E-state index in [2.05, 4.69) is 10.1 Å².